The van der Waals surface area contributed by atoms with Gasteiger partial charge in [-0.25, -0.2) is 4.39 Å². The molecule has 0 radical (unpaired) electrons. The van der Waals surface area contributed by atoms with E-state index in [4.69, 9.17) is 10.5 Å². The summed E-state index contributed by atoms with van der Waals surface area (Å²) in [6.45, 7) is 7.55. The van der Waals surface area contributed by atoms with Gasteiger partial charge in [-0.3, -0.25) is 4.90 Å². The van der Waals surface area contributed by atoms with Crippen LogP contribution in [0.3, 0.4) is 0 Å². The maximum absolute atomic E-state index is 13.8. The second-order valence-corrected chi connectivity index (χ2v) is 5.45. The Labute approximate surface area is 108 Å². The summed E-state index contributed by atoms with van der Waals surface area (Å²) >= 11 is 0. The van der Waals surface area contributed by atoms with Gasteiger partial charge in [0.1, 0.15) is 5.82 Å². The zero-order valence-electron chi connectivity index (χ0n) is 11.1. The van der Waals surface area contributed by atoms with Gasteiger partial charge in [0.25, 0.3) is 0 Å². The average Bonchev–Trinajstić information content (AvgIpc) is 2.31. The van der Waals surface area contributed by atoms with Crippen LogP contribution in [0.15, 0.2) is 18.2 Å². The lowest BCUT2D eigenvalue weighted by Crippen LogP contribution is -2.47. The van der Waals surface area contributed by atoms with Crippen molar-refractivity contribution in [3.8, 4) is 0 Å². The number of hydrogen-bond donors (Lipinski definition) is 1. The maximum Gasteiger partial charge on any atom is 0.127 e. The van der Waals surface area contributed by atoms with E-state index < -0.39 is 0 Å². The Hall–Kier alpha value is -0.970. The number of morpholine rings is 1. The Bertz CT molecular complexity index is 420. The Balaban J connectivity index is 2.09. The fraction of sp³-hybridized carbons (Fsp3) is 0.571. The maximum atomic E-state index is 13.8. The summed E-state index contributed by atoms with van der Waals surface area (Å²) in [6.07, 6.45) is 0. The van der Waals surface area contributed by atoms with E-state index in [1.165, 1.54) is 6.07 Å². The van der Waals surface area contributed by atoms with E-state index in [-0.39, 0.29) is 11.4 Å². The van der Waals surface area contributed by atoms with Crippen LogP contribution in [0, 0.1) is 5.82 Å². The first-order chi connectivity index (χ1) is 8.50. The number of benzene rings is 1. The van der Waals surface area contributed by atoms with Crippen molar-refractivity contribution in [3.05, 3.63) is 35.1 Å². The summed E-state index contributed by atoms with van der Waals surface area (Å²) in [5.74, 6) is -0.156. The standard InChI is InChI=1S/C14H21FN2O/c1-14(2)10-17(5-6-18-14)9-12-7-11(8-16)3-4-13(12)15/h3-4,7H,5-6,8-10,16H2,1-2H3. The third-order valence-electron chi connectivity index (χ3n) is 3.24. The van der Waals surface area contributed by atoms with E-state index in [2.05, 4.69) is 18.7 Å². The lowest BCUT2D eigenvalue weighted by atomic mass is 10.1. The molecule has 1 aliphatic rings. The molecule has 4 heteroatoms. The average molecular weight is 252 g/mol. The van der Waals surface area contributed by atoms with Crippen LogP contribution in [0.4, 0.5) is 4.39 Å². The van der Waals surface area contributed by atoms with Gasteiger partial charge in [-0.1, -0.05) is 12.1 Å². The quantitative estimate of drug-likeness (QED) is 0.893. The van der Waals surface area contributed by atoms with Crippen molar-refractivity contribution < 1.29 is 9.13 Å². The monoisotopic (exact) mass is 252 g/mol. The highest BCUT2D eigenvalue weighted by atomic mass is 19.1. The molecule has 1 aromatic carbocycles. The molecule has 100 valence electrons. The van der Waals surface area contributed by atoms with Gasteiger partial charge in [-0.15, -0.1) is 0 Å². The van der Waals surface area contributed by atoms with Crippen LogP contribution in [0.1, 0.15) is 25.0 Å². The summed E-state index contributed by atoms with van der Waals surface area (Å²) in [5.41, 5.74) is 7.13. The number of rotatable bonds is 3. The molecule has 0 atom stereocenters. The van der Waals surface area contributed by atoms with Gasteiger partial charge in [0.05, 0.1) is 12.2 Å². The Morgan fingerprint density at radius 2 is 2.22 bits per heavy atom. The predicted octanol–water partition coefficient (Wildman–Crippen LogP) is 1.90. The van der Waals surface area contributed by atoms with Crippen LogP contribution in [-0.2, 0) is 17.8 Å². The molecular formula is C14H21FN2O. The van der Waals surface area contributed by atoms with E-state index in [0.717, 1.165) is 24.2 Å². The van der Waals surface area contributed by atoms with Gasteiger partial charge < -0.3 is 10.5 Å². The van der Waals surface area contributed by atoms with E-state index in [9.17, 15) is 4.39 Å². The SMILES string of the molecule is CC1(C)CN(Cc2cc(CN)ccc2F)CCO1. The van der Waals surface area contributed by atoms with Gasteiger partial charge >= 0.3 is 0 Å². The van der Waals surface area contributed by atoms with Crippen molar-refractivity contribution in [2.45, 2.75) is 32.5 Å². The molecule has 1 heterocycles. The van der Waals surface area contributed by atoms with Crippen molar-refractivity contribution >= 4 is 0 Å². The van der Waals surface area contributed by atoms with Crippen molar-refractivity contribution in [3.63, 3.8) is 0 Å². The molecule has 0 spiro atoms. The normalized spacial score (nSPS) is 20.0. The molecule has 3 nitrogen and oxygen atoms in total. The van der Waals surface area contributed by atoms with Crippen molar-refractivity contribution in [2.24, 2.45) is 5.73 Å². The second-order valence-electron chi connectivity index (χ2n) is 5.45. The van der Waals surface area contributed by atoms with E-state index >= 15 is 0 Å². The first kappa shape index (κ1) is 13.5. The number of hydrogen-bond acceptors (Lipinski definition) is 3. The van der Waals surface area contributed by atoms with E-state index in [0.29, 0.717) is 19.7 Å². The van der Waals surface area contributed by atoms with E-state index in [1.54, 1.807) is 6.07 Å². The molecule has 1 fully saturated rings. The lowest BCUT2D eigenvalue weighted by molar-refractivity contribution is -0.0884. The molecule has 1 saturated heterocycles. The minimum Gasteiger partial charge on any atom is -0.373 e. The van der Waals surface area contributed by atoms with Crippen LogP contribution in [0.2, 0.25) is 0 Å². The summed E-state index contributed by atoms with van der Waals surface area (Å²) in [7, 11) is 0. The van der Waals surface area contributed by atoms with Crippen LogP contribution in [0.25, 0.3) is 0 Å². The molecule has 1 aliphatic heterocycles. The smallest absolute Gasteiger partial charge is 0.127 e. The number of halogens is 1. The molecule has 2 N–H and O–H groups in total. The molecule has 0 bridgehead atoms. The highest BCUT2D eigenvalue weighted by Gasteiger charge is 2.27. The third kappa shape index (κ3) is 3.28. The lowest BCUT2D eigenvalue weighted by Gasteiger charge is -2.38. The fourth-order valence-corrected chi connectivity index (χ4v) is 2.37. The highest BCUT2D eigenvalue weighted by molar-refractivity contribution is 5.25. The Morgan fingerprint density at radius 1 is 1.44 bits per heavy atom. The number of nitrogens with two attached hydrogens (primary N) is 1. The number of ether oxygens (including phenoxy) is 1. The van der Waals surface area contributed by atoms with Crippen LogP contribution in [-0.4, -0.2) is 30.2 Å². The minimum absolute atomic E-state index is 0.153. The molecule has 2 rings (SSSR count). The molecule has 0 saturated carbocycles. The molecular weight excluding hydrogens is 231 g/mol. The van der Waals surface area contributed by atoms with Crippen LogP contribution < -0.4 is 5.73 Å². The fourth-order valence-electron chi connectivity index (χ4n) is 2.37. The molecule has 0 aromatic heterocycles. The topological polar surface area (TPSA) is 38.5 Å². The van der Waals surface area contributed by atoms with Gasteiger partial charge in [-0.2, -0.15) is 0 Å². The van der Waals surface area contributed by atoms with Crippen LogP contribution in [0.5, 0.6) is 0 Å². The predicted molar refractivity (Wildman–Crippen MR) is 69.6 cm³/mol. The van der Waals surface area contributed by atoms with Gasteiger partial charge in [0.2, 0.25) is 0 Å². The summed E-state index contributed by atoms with van der Waals surface area (Å²) in [5, 5.41) is 0. The largest absolute Gasteiger partial charge is 0.373 e. The zero-order chi connectivity index (χ0) is 13.2. The molecule has 0 amide bonds. The molecule has 18 heavy (non-hydrogen) atoms. The Morgan fingerprint density at radius 3 is 2.89 bits per heavy atom. The first-order valence-corrected chi connectivity index (χ1v) is 6.34. The van der Waals surface area contributed by atoms with Crippen LogP contribution >= 0.6 is 0 Å². The second kappa shape index (κ2) is 5.34. The van der Waals surface area contributed by atoms with Gasteiger partial charge in [-0.05, 0) is 25.5 Å². The van der Waals surface area contributed by atoms with Gasteiger partial charge in [0, 0.05) is 31.7 Å². The zero-order valence-corrected chi connectivity index (χ0v) is 11.1. The summed E-state index contributed by atoms with van der Waals surface area (Å²) < 4.78 is 19.4. The summed E-state index contributed by atoms with van der Waals surface area (Å²) in [6, 6.07) is 5.10. The Kier molecular flexibility index (Phi) is 4.00. The molecule has 1 aromatic rings. The third-order valence-corrected chi connectivity index (χ3v) is 3.24. The van der Waals surface area contributed by atoms with Crippen molar-refractivity contribution in [2.75, 3.05) is 19.7 Å². The van der Waals surface area contributed by atoms with Crippen molar-refractivity contribution in [1.29, 1.82) is 0 Å². The minimum atomic E-state index is -0.156. The first-order valence-electron chi connectivity index (χ1n) is 6.34. The number of nitrogens with zero attached hydrogens (tertiary/aromatic N) is 1. The van der Waals surface area contributed by atoms with Gasteiger partial charge in [0.15, 0.2) is 0 Å². The molecule has 0 unspecified atom stereocenters. The van der Waals surface area contributed by atoms with Crippen molar-refractivity contribution in [1.82, 2.24) is 4.90 Å². The molecule has 0 aliphatic carbocycles. The summed E-state index contributed by atoms with van der Waals surface area (Å²) in [4.78, 5) is 2.22. The van der Waals surface area contributed by atoms with E-state index in [1.807, 2.05) is 6.07 Å². The highest BCUT2D eigenvalue weighted by Crippen LogP contribution is 2.20.